The fraction of sp³-hybridized carbons (Fsp3) is 0.538. The predicted molar refractivity (Wildman–Crippen MR) is 79.2 cm³/mol. The number of benzene rings is 1. The van der Waals surface area contributed by atoms with Crippen molar-refractivity contribution in [2.75, 3.05) is 6.54 Å². The van der Waals surface area contributed by atoms with E-state index in [9.17, 15) is 12.8 Å². The molecular formula is C13H18BrFN2O2S. The topological polar surface area (TPSA) is 63.4 Å². The van der Waals surface area contributed by atoms with Crippen molar-refractivity contribution in [3.8, 4) is 0 Å². The maximum Gasteiger partial charge on any atom is 0.246 e. The van der Waals surface area contributed by atoms with Crippen LogP contribution in [0, 0.1) is 5.82 Å². The third-order valence-corrected chi connectivity index (χ3v) is 6.26. The van der Waals surface area contributed by atoms with Crippen molar-refractivity contribution < 1.29 is 12.8 Å². The first-order valence-corrected chi connectivity index (χ1v) is 8.64. The number of nitrogens with two attached hydrogens (primary N) is 1. The molecule has 0 bridgehead atoms. The largest absolute Gasteiger partial charge is 0.326 e. The summed E-state index contributed by atoms with van der Waals surface area (Å²) in [6.45, 7) is 4.09. The second-order valence-corrected chi connectivity index (χ2v) is 8.32. The minimum absolute atomic E-state index is 0.0445. The summed E-state index contributed by atoms with van der Waals surface area (Å²) in [5, 5.41) is 0. The monoisotopic (exact) mass is 364 g/mol. The van der Waals surface area contributed by atoms with E-state index in [0.29, 0.717) is 11.0 Å². The number of nitrogens with zero attached hydrogens (tertiary/aromatic N) is 1. The summed E-state index contributed by atoms with van der Waals surface area (Å²) in [7, 11) is -3.86. The van der Waals surface area contributed by atoms with Crippen molar-refractivity contribution in [3.63, 3.8) is 0 Å². The van der Waals surface area contributed by atoms with E-state index < -0.39 is 21.4 Å². The van der Waals surface area contributed by atoms with E-state index in [0.717, 1.165) is 12.8 Å². The molecule has 0 saturated carbocycles. The fourth-order valence-corrected chi connectivity index (χ4v) is 5.24. The predicted octanol–water partition coefficient (Wildman–Crippen LogP) is 2.61. The van der Waals surface area contributed by atoms with Crippen LogP contribution in [0.2, 0.25) is 0 Å². The lowest BCUT2D eigenvalue weighted by Gasteiger charge is -2.30. The standard InChI is InChI=1S/C13H18BrFN2O2S/c1-13(2)4-3-5-17(13)20(18,19)11-7-10(14)6-9(8-16)12(11)15/h6-7H,3-5,8,16H2,1-2H3. The second-order valence-electron chi connectivity index (χ2n) is 5.57. The zero-order valence-electron chi connectivity index (χ0n) is 11.5. The van der Waals surface area contributed by atoms with Gasteiger partial charge in [-0.2, -0.15) is 4.31 Å². The molecule has 1 aliphatic heterocycles. The Hall–Kier alpha value is -0.500. The fourth-order valence-electron chi connectivity index (χ4n) is 2.60. The molecule has 0 aliphatic carbocycles. The van der Waals surface area contributed by atoms with Crippen LogP contribution in [0.3, 0.4) is 0 Å². The highest BCUT2D eigenvalue weighted by Crippen LogP contribution is 2.36. The van der Waals surface area contributed by atoms with E-state index in [2.05, 4.69) is 15.9 Å². The van der Waals surface area contributed by atoms with Crippen molar-refractivity contribution in [2.45, 2.75) is 43.7 Å². The van der Waals surface area contributed by atoms with Crippen LogP contribution in [0.25, 0.3) is 0 Å². The summed E-state index contributed by atoms with van der Waals surface area (Å²) >= 11 is 3.21. The highest BCUT2D eigenvalue weighted by Gasteiger charge is 2.42. The second kappa shape index (κ2) is 5.36. The molecule has 4 nitrogen and oxygen atoms in total. The van der Waals surface area contributed by atoms with Gasteiger partial charge in [-0.25, -0.2) is 12.8 Å². The van der Waals surface area contributed by atoms with Gasteiger partial charge in [0.1, 0.15) is 10.7 Å². The summed E-state index contributed by atoms with van der Waals surface area (Å²) in [5.74, 6) is -0.751. The third-order valence-electron chi connectivity index (χ3n) is 3.69. The highest BCUT2D eigenvalue weighted by molar-refractivity contribution is 9.10. The number of sulfonamides is 1. The zero-order valence-corrected chi connectivity index (χ0v) is 13.9. The van der Waals surface area contributed by atoms with E-state index in [4.69, 9.17) is 5.73 Å². The van der Waals surface area contributed by atoms with Crippen LogP contribution in [-0.2, 0) is 16.6 Å². The molecule has 0 spiro atoms. The minimum Gasteiger partial charge on any atom is -0.326 e. The molecule has 0 aromatic heterocycles. The maximum atomic E-state index is 14.3. The van der Waals surface area contributed by atoms with Gasteiger partial charge in [0.2, 0.25) is 10.0 Å². The van der Waals surface area contributed by atoms with Crippen LogP contribution < -0.4 is 5.73 Å². The Labute approximate surface area is 127 Å². The average Bonchev–Trinajstić information content (AvgIpc) is 2.71. The molecule has 1 aromatic rings. The molecule has 7 heteroatoms. The Bertz CT molecular complexity index is 632. The van der Waals surface area contributed by atoms with Gasteiger partial charge in [-0.3, -0.25) is 0 Å². The summed E-state index contributed by atoms with van der Waals surface area (Å²) in [4.78, 5) is -0.303. The first kappa shape index (κ1) is 15.9. The van der Waals surface area contributed by atoms with Crippen LogP contribution in [0.5, 0.6) is 0 Å². The van der Waals surface area contributed by atoms with Crippen molar-refractivity contribution in [1.29, 1.82) is 0 Å². The van der Waals surface area contributed by atoms with E-state index in [1.54, 1.807) is 0 Å². The van der Waals surface area contributed by atoms with E-state index >= 15 is 0 Å². The molecule has 1 aliphatic rings. The average molecular weight is 365 g/mol. The SMILES string of the molecule is CC1(C)CCCN1S(=O)(=O)c1cc(Br)cc(CN)c1F. The van der Waals surface area contributed by atoms with Crippen LogP contribution in [-0.4, -0.2) is 24.8 Å². The first-order chi connectivity index (χ1) is 9.20. The van der Waals surface area contributed by atoms with Gasteiger partial charge >= 0.3 is 0 Å². The Balaban J connectivity index is 2.58. The molecule has 0 atom stereocenters. The lowest BCUT2D eigenvalue weighted by Crippen LogP contribution is -2.42. The lowest BCUT2D eigenvalue weighted by molar-refractivity contribution is 0.290. The van der Waals surface area contributed by atoms with E-state index in [1.807, 2.05) is 13.8 Å². The molecule has 1 fully saturated rings. The van der Waals surface area contributed by atoms with Gasteiger partial charge in [-0.05, 0) is 38.8 Å². The summed E-state index contributed by atoms with van der Waals surface area (Å²) in [6, 6.07) is 2.81. The molecule has 1 aromatic carbocycles. The molecule has 112 valence electrons. The minimum atomic E-state index is -3.86. The zero-order chi connectivity index (χ0) is 15.1. The molecule has 2 rings (SSSR count). The van der Waals surface area contributed by atoms with Crippen molar-refractivity contribution in [3.05, 3.63) is 28.0 Å². The molecule has 0 radical (unpaired) electrons. The molecule has 2 N–H and O–H groups in total. The lowest BCUT2D eigenvalue weighted by atomic mass is 10.0. The van der Waals surface area contributed by atoms with Gasteiger partial charge in [0.05, 0.1) is 0 Å². The Kier molecular flexibility index (Phi) is 4.26. The van der Waals surface area contributed by atoms with Gasteiger partial charge in [0.25, 0.3) is 0 Å². The Morgan fingerprint density at radius 2 is 2.10 bits per heavy atom. The van der Waals surface area contributed by atoms with E-state index in [-0.39, 0.29) is 17.0 Å². The summed E-state index contributed by atoms with van der Waals surface area (Å²) in [5.41, 5.74) is 5.17. The smallest absolute Gasteiger partial charge is 0.246 e. The quantitative estimate of drug-likeness (QED) is 0.896. The van der Waals surface area contributed by atoms with Gasteiger partial charge in [0, 0.05) is 28.7 Å². The number of halogens is 2. The molecule has 0 unspecified atom stereocenters. The third kappa shape index (κ3) is 2.64. The van der Waals surface area contributed by atoms with Crippen molar-refractivity contribution in [2.24, 2.45) is 5.73 Å². The maximum absolute atomic E-state index is 14.3. The van der Waals surface area contributed by atoms with Gasteiger partial charge < -0.3 is 5.73 Å². The van der Waals surface area contributed by atoms with Crippen LogP contribution >= 0.6 is 15.9 Å². The van der Waals surface area contributed by atoms with Crippen LogP contribution in [0.15, 0.2) is 21.5 Å². The highest BCUT2D eigenvalue weighted by atomic mass is 79.9. The molecule has 0 amide bonds. The van der Waals surface area contributed by atoms with Crippen molar-refractivity contribution in [1.82, 2.24) is 4.31 Å². The molecular weight excluding hydrogens is 347 g/mol. The van der Waals surface area contributed by atoms with Gasteiger partial charge in [0.15, 0.2) is 0 Å². The van der Waals surface area contributed by atoms with Crippen LogP contribution in [0.1, 0.15) is 32.3 Å². The first-order valence-electron chi connectivity index (χ1n) is 6.41. The number of hydrogen-bond acceptors (Lipinski definition) is 3. The summed E-state index contributed by atoms with van der Waals surface area (Å²) in [6.07, 6.45) is 1.55. The Morgan fingerprint density at radius 3 is 2.60 bits per heavy atom. The van der Waals surface area contributed by atoms with Gasteiger partial charge in [-0.15, -0.1) is 0 Å². The Morgan fingerprint density at radius 1 is 1.45 bits per heavy atom. The van der Waals surface area contributed by atoms with Crippen molar-refractivity contribution >= 4 is 26.0 Å². The molecule has 1 heterocycles. The van der Waals surface area contributed by atoms with E-state index in [1.165, 1.54) is 16.4 Å². The van der Waals surface area contributed by atoms with Gasteiger partial charge in [-0.1, -0.05) is 15.9 Å². The molecule has 1 saturated heterocycles. The normalized spacial score (nSPS) is 19.4. The molecule has 20 heavy (non-hydrogen) atoms. The summed E-state index contributed by atoms with van der Waals surface area (Å²) < 4.78 is 41.7. The number of hydrogen-bond donors (Lipinski definition) is 1. The number of rotatable bonds is 3. The van der Waals surface area contributed by atoms with Crippen LogP contribution in [0.4, 0.5) is 4.39 Å².